The van der Waals surface area contributed by atoms with Crippen molar-refractivity contribution in [2.45, 2.75) is 44.2 Å². The van der Waals surface area contributed by atoms with E-state index in [2.05, 4.69) is 33.0 Å². The van der Waals surface area contributed by atoms with Crippen LogP contribution in [0.25, 0.3) is 11.0 Å². The Morgan fingerprint density at radius 1 is 1.10 bits per heavy atom. The smallest absolute Gasteiger partial charge is 0.258 e. The molecule has 1 atom stereocenters. The van der Waals surface area contributed by atoms with E-state index in [1.54, 1.807) is 24.3 Å². The lowest BCUT2D eigenvalue weighted by Gasteiger charge is -2.23. The number of rotatable bonds is 6. The molecule has 6 nitrogen and oxygen atoms in total. The first-order valence-electron chi connectivity index (χ1n) is 11.1. The molecule has 7 heteroatoms. The van der Waals surface area contributed by atoms with Gasteiger partial charge in [0.2, 0.25) is 5.95 Å². The summed E-state index contributed by atoms with van der Waals surface area (Å²) in [5.74, 6) is 1.58. The van der Waals surface area contributed by atoms with E-state index < -0.39 is 0 Å². The van der Waals surface area contributed by atoms with Gasteiger partial charge in [0.15, 0.2) is 6.61 Å². The molecule has 3 aromatic rings. The first-order chi connectivity index (χ1) is 15.2. The summed E-state index contributed by atoms with van der Waals surface area (Å²) in [5, 5.41) is 3.76. The van der Waals surface area contributed by atoms with Crippen LogP contribution in [0.2, 0.25) is 5.02 Å². The number of amides is 1. The minimum absolute atomic E-state index is 0.00127. The predicted molar refractivity (Wildman–Crippen MR) is 123 cm³/mol. The molecule has 31 heavy (non-hydrogen) atoms. The summed E-state index contributed by atoms with van der Waals surface area (Å²) >= 11 is 5.88. The molecule has 1 N–H and O–H groups in total. The van der Waals surface area contributed by atoms with Crippen molar-refractivity contribution in [2.24, 2.45) is 0 Å². The number of hydrogen-bond acceptors (Lipinski definition) is 4. The number of nitrogens with zero attached hydrogens (tertiary/aromatic N) is 3. The second-order valence-corrected chi connectivity index (χ2v) is 8.89. The molecule has 1 amide bonds. The number of para-hydroxylation sites is 2. The Balaban J connectivity index is 1.24. The van der Waals surface area contributed by atoms with E-state index in [0.29, 0.717) is 16.8 Å². The number of carbonyl (C=O) groups excluding carboxylic acids is 1. The number of carbonyl (C=O) groups is 1. The average Bonchev–Trinajstić information content (AvgIpc) is 3.52. The van der Waals surface area contributed by atoms with Gasteiger partial charge in [-0.3, -0.25) is 4.79 Å². The van der Waals surface area contributed by atoms with Gasteiger partial charge in [-0.1, -0.05) is 36.6 Å². The van der Waals surface area contributed by atoms with Crippen molar-refractivity contribution in [3.05, 3.63) is 53.6 Å². The second-order valence-electron chi connectivity index (χ2n) is 8.45. The third-order valence-corrected chi connectivity index (χ3v) is 6.54. The molecular weight excluding hydrogens is 412 g/mol. The Bertz CT molecular complexity index is 1060. The number of fused-ring (bicyclic) bond motifs is 1. The Morgan fingerprint density at radius 2 is 1.87 bits per heavy atom. The van der Waals surface area contributed by atoms with Gasteiger partial charge in [0.05, 0.1) is 11.0 Å². The van der Waals surface area contributed by atoms with Crippen LogP contribution in [0.15, 0.2) is 48.5 Å². The molecule has 1 aromatic heterocycles. The summed E-state index contributed by atoms with van der Waals surface area (Å²) in [7, 11) is 0. The number of benzene rings is 2. The Morgan fingerprint density at radius 3 is 2.68 bits per heavy atom. The molecule has 2 heterocycles. The highest BCUT2D eigenvalue weighted by atomic mass is 35.5. The first-order valence-corrected chi connectivity index (χ1v) is 11.4. The molecule has 1 saturated carbocycles. The number of halogens is 1. The zero-order chi connectivity index (χ0) is 21.2. The van der Waals surface area contributed by atoms with E-state index in [1.807, 2.05) is 6.07 Å². The molecule has 2 aromatic carbocycles. The fraction of sp³-hybridized carbons (Fsp3) is 0.417. The van der Waals surface area contributed by atoms with Gasteiger partial charge in [-0.2, -0.15) is 0 Å². The topological polar surface area (TPSA) is 59.4 Å². The molecule has 1 unspecified atom stereocenters. The summed E-state index contributed by atoms with van der Waals surface area (Å²) < 4.78 is 8.01. The van der Waals surface area contributed by atoms with Crippen LogP contribution in [0.5, 0.6) is 5.75 Å². The van der Waals surface area contributed by atoms with Crippen LogP contribution >= 0.6 is 11.6 Å². The lowest BCUT2D eigenvalue weighted by atomic mass is 10.2. The number of hydrogen-bond donors (Lipinski definition) is 1. The zero-order valence-corrected chi connectivity index (χ0v) is 18.2. The minimum atomic E-state index is -0.105. The molecular formula is C24H27ClN4O2. The van der Waals surface area contributed by atoms with E-state index >= 15 is 0 Å². The number of aromatic nitrogens is 2. The summed E-state index contributed by atoms with van der Waals surface area (Å²) in [6.45, 7) is 1.65. The van der Waals surface area contributed by atoms with Crippen molar-refractivity contribution < 1.29 is 9.53 Å². The van der Waals surface area contributed by atoms with Crippen molar-refractivity contribution in [2.75, 3.05) is 24.6 Å². The average molecular weight is 439 g/mol. The molecule has 1 aliphatic carbocycles. The normalized spacial score (nSPS) is 19.3. The first kappa shape index (κ1) is 20.2. The fourth-order valence-electron chi connectivity index (χ4n) is 4.79. The molecule has 2 fully saturated rings. The summed E-state index contributed by atoms with van der Waals surface area (Å²) in [6.07, 6.45) is 5.89. The SMILES string of the molecule is O=C(COc1ccc(Cl)cc1)NC1CCN(c2nc3ccccc3n2C2CCCC2)C1. The van der Waals surface area contributed by atoms with E-state index in [0.717, 1.165) is 31.0 Å². The van der Waals surface area contributed by atoms with Gasteiger partial charge in [0.25, 0.3) is 5.91 Å². The van der Waals surface area contributed by atoms with Gasteiger partial charge in [-0.25, -0.2) is 4.98 Å². The standard InChI is InChI=1S/C24H27ClN4O2/c25-17-9-11-20(12-10-17)31-16-23(30)26-18-13-14-28(15-18)24-27-21-7-3-4-8-22(21)29(24)19-5-1-2-6-19/h3-4,7-12,18-19H,1-2,5-6,13-16H2,(H,26,30). The molecule has 162 valence electrons. The van der Waals surface area contributed by atoms with Crippen molar-refractivity contribution in [3.8, 4) is 5.75 Å². The summed E-state index contributed by atoms with van der Waals surface area (Å²) in [6, 6.07) is 16.0. The quantitative estimate of drug-likeness (QED) is 0.612. The molecule has 0 radical (unpaired) electrons. The van der Waals surface area contributed by atoms with E-state index in [-0.39, 0.29) is 18.6 Å². The third kappa shape index (κ3) is 4.35. The molecule has 0 bridgehead atoms. The maximum absolute atomic E-state index is 12.4. The number of imidazole rings is 1. The number of nitrogens with one attached hydrogen (secondary N) is 1. The zero-order valence-electron chi connectivity index (χ0n) is 17.5. The van der Waals surface area contributed by atoms with Gasteiger partial charge in [0, 0.05) is 30.2 Å². The van der Waals surface area contributed by atoms with Gasteiger partial charge in [-0.05, 0) is 55.7 Å². The third-order valence-electron chi connectivity index (χ3n) is 6.29. The van der Waals surface area contributed by atoms with Gasteiger partial charge < -0.3 is 19.5 Å². The fourth-order valence-corrected chi connectivity index (χ4v) is 4.91. The van der Waals surface area contributed by atoms with E-state index in [9.17, 15) is 4.79 Å². The van der Waals surface area contributed by atoms with Crippen molar-refractivity contribution in [1.29, 1.82) is 0 Å². The number of ether oxygens (including phenoxy) is 1. The lowest BCUT2D eigenvalue weighted by molar-refractivity contribution is -0.123. The highest BCUT2D eigenvalue weighted by Crippen LogP contribution is 2.37. The van der Waals surface area contributed by atoms with Crippen LogP contribution in [0, 0.1) is 0 Å². The van der Waals surface area contributed by atoms with E-state index in [1.165, 1.54) is 31.2 Å². The maximum Gasteiger partial charge on any atom is 0.258 e. The Hall–Kier alpha value is -2.73. The molecule has 1 aliphatic heterocycles. The van der Waals surface area contributed by atoms with Crippen molar-refractivity contribution >= 4 is 34.5 Å². The van der Waals surface area contributed by atoms with Crippen LogP contribution in [0.1, 0.15) is 38.1 Å². The van der Waals surface area contributed by atoms with Crippen molar-refractivity contribution in [1.82, 2.24) is 14.9 Å². The minimum Gasteiger partial charge on any atom is -0.484 e. The highest BCUT2D eigenvalue weighted by Gasteiger charge is 2.30. The lowest BCUT2D eigenvalue weighted by Crippen LogP contribution is -2.40. The summed E-state index contributed by atoms with van der Waals surface area (Å²) in [5.41, 5.74) is 2.27. The Labute approximate surface area is 187 Å². The van der Waals surface area contributed by atoms with Gasteiger partial charge in [-0.15, -0.1) is 0 Å². The van der Waals surface area contributed by atoms with Crippen LogP contribution < -0.4 is 15.0 Å². The van der Waals surface area contributed by atoms with Gasteiger partial charge in [0.1, 0.15) is 5.75 Å². The van der Waals surface area contributed by atoms with E-state index in [4.69, 9.17) is 21.3 Å². The molecule has 0 spiro atoms. The monoisotopic (exact) mass is 438 g/mol. The maximum atomic E-state index is 12.4. The second kappa shape index (κ2) is 8.79. The highest BCUT2D eigenvalue weighted by molar-refractivity contribution is 6.30. The van der Waals surface area contributed by atoms with Gasteiger partial charge >= 0.3 is 0 Å². The molecule has 5 rings (SSSR count). The Kier molecular flexibility index (Phi) is 5.72. The van der Waals surface area contributed by atoms with Crippen LogP contribution in [0.4, 0.5) is 5.95 Å². The predicted octanol–water partition coefficient (Wildman–Crippen LogP) is 4.58. The van der Waals surface area contributed by atoms with Crippen LogP contribution in [-0.4, -0.2) is 41.2 Å². The van der Waals surface area contributed by atoms with Crippen LogP contribution in [-0.2, 0) is 4.79 Å². The summed E-state index contributed by atoms with van der Waals surface area (Å²) in [4.78, 5) is 19.7. The molecule has 1 saturated heterocycles. The molecule has 2 aliphatic rings. The van der Waals surface area contributed by atoms with Crippen LogP contribution in [0.3, 0.4) is 0 Å². The largest absolute Gasteiger partial charge is 0.484 e. The number of anilines is 1. The van der Waals surface area contributed by atoms with Crippen molar-refractivity contribution in [3.63, 3.8) is 0 Å².